The predicted octanol–water partition coefficient (Wildman–Crippen LogP) is 1.22. The van der Waals surface area contributed by atoms with E-state index in [0.29, 0.717) is 18.4 Å². The molecule has 0 aliphatic carbocycles. The smallest absolute Gasteiger partial charge is 0.361 e. The van der Waals surface area contributed by atoms with E-state index >= 15 is 0 Å². The number of carbonyl (C=O) groups excluding carboxylic acids is 1. The molecule has 18 heavy (non-hydrogen) atoms. The van der Waals surface area contributed by atoms with Gasteiger partial charge < -0.3 is 15.2 Å². The Bertz CT molecular complexity index is 440. The van der Waals surface area contributed by atoms with Crippen LogP contribution in [0.2, 0.25) is 0 Å². The molecule has 5 nitrogen and oxygen atoms in total. The Balaban J connectivity index is 2.79. The third-order valence-electron chi connectivity index (χ3n) is 2.46. The van der Waals surface area contributed by atoms with E-state index in [1.807, 2.05) is 0 Å². The fraction of sp³-hybridized carbons (Fsp3) is 0.600. The summed E-state index contributed by atoms with van der Waals surface area (Å²) in [5, 5.41) is 3.59. The fourth-order valence-corrected chi connectivity index (χ4v) is 1.33. The number of halogens is 3. The maximum absolute atomic E-state index is 12.6. The molecule has 1 heterocycles. The zero-order chi connectivity index (χ0) is 14.1. The number of hydrogen-bond donors (Lipinski definition) is 1. The van der Waals surface area contributed by atoms with Crippen molar-refractivity contribution >= 4 is 5.91 Å². The number of rotatable bonds is 3. The van der Waals surface area contributed by atoms with Crippen LogP contribution in [0.1, 0.15) is 18.4 Å². The van der Waals surface area contributed by atoms with Gasteiger partial charge in [0.25, 0.3) is 5.91 Å². The van der Waals surface area contributed by atoms with Crippen LogP contribution in [0.5, 0.6) is 0 Å². The molecule has 0 saturated heterocycles. The minimum Gasteiger partial charge on any atom is -0.361 e. The lowest BCUT2D eigenvalue weighted by Crippen LogP contribution is -2.61. The number of carbonyl (C=O) groups is 1. The first-order chi connectivity index (χ1) is 8.05. The molecule has 0 bridgehead atoms. The number of alkyl halides is 3. The molecule has 102 valence electrons. The Labute approximate surface area is 102 Å². The minimum atomic E-state index is -4.81. The van der Waals surface area contributed by atoms with Gasteiger partial charge in [0, 0.05) is 13.1 Å². The van der Waals surface area contributed by atoms with E-state index in [1.54, 1.807) is 6.92 Å². The lowest BCUT2D eigenvalue weighted by molar-refractivity contribution is -0.193. The third kappa shape index (κ3) is 2.81. The first kappa shape index (κ1) is 14.5. The van der Waals surface area contributed by atoms with Gasteiger partial charge in [-0.1, -0.05) is 5.16 Å². The lowest BCUT2D eigenvalue weighted by atomic mass is 10.0. The molecule has 0 aromatic carbocycles. The second kappa shape index (κ2) is 4.60. The van der Waals surface area contributed by atoms with Crippen LogP contribution in [0.4, 0.5) is 13.2 Å². The van der Waals surface area contributed by atoms with Crippen LogP contribution in [-0.4, -0.2) is 34.7 Å². The largest absolute Gasteiger partial charge is 0.415 e. The van der Waals surface area contributed by atoms with Crippen LogP contribution in [-0.2, 0) is 11.3 Å². The molecule has 0 fully saturated rings. The van der Waals surface area contributed by atoms with E-state index in [1.165, 1.54) is 13.1 Å². The molecule has 0 radical (unpaired) electrons. The first-order valence-corrected chi connectivity index (χ1v) is 5.09. The summed E-state index contributed by atoms with van der Waals surface area (Å²) in [5.41, 5.74) is 2.48. The summed E-state index contributed by atoms with van der Waals surface area (Å²) in [7, 11) is 1.23. The van der Waals surface area contributed by atoms with Gasteiger partial charge in [-0.3, -0.25) is 4.79 Å². The van der Waals surface area contributed by atoms with Gasteiger partial charge >= 0.3 is 6.18 Å². The molecule has 0 saturated carbocycles. The summed E-state index contributed by atoms with van der Waals surface area (Å²) in [5.74, 6) is -0.715. The highest BCUT2D eigenvalue weighted by Crippen LogP contribution is 2.29. The monoisotopic (exact) mass is 265 g/mol. The Hall–Kier alpha value is -1.57. The highest BCUT2D eigenvalue weighted by Gasteiger charge is 2.54. The highest BCUT2D eigenvalue weighted by atomic mass is 19.4. The normalized spacial score (nSPS) is 15.3. The number of amides is 1. The van der Waals surface area contributed by atoms with E-state index in [2.05, 4.69) is 5.16 Å². The van der Waals surface area contributed by atoms with Gasteiger partial charge in [0.1, 0.15) is 11.5 Å². The van der Waals surface area contributed by atoms with Crippen LogP contribution >= 0.6 is 0 Å². The number of nitrogens with zero attached hydrogens (tertiary/aromatic N) is 2. The molecule has 1 atom stereocenters. The number of nitrogens with two attached hydrogens (primary N) is 1. The third-order valence-corrected chi connectivity index (χ3v) is 2.46. The summed E-state index contributed by atoms with van der Waals surface area (Å²) in [6.45, 7) is 2.18. The average Bonchev–Trinajstić information content (AvgIpc) is 2.61. The van der Waals surface area contributed by atoms with Gasteiger partial charge in [-0.25, -0.2) is 0 Å². The molecule has 1 aromatic rings. The molecular weight excluding hydrogens is 251 g/mol. The zero-order valence-corrected chi connectivity index (χ0v) is 10.2. The standard InChI is InChI=1S/C10H14F3N3O2/c1-6-4-7(15-18-6)5-16(3)8(17)9(2,14)10(11,12)13/h4H,5,14H2,1-3H3. The van der Waals surface area contributed by atoms with Crippen LogP contribution in [0, 0.1) is 6.92 Å². The van der Waals surface area contributed by atoms with Crippen molar-refractivity contribution in [1.29, 1.82) is 0 Å². The molecule has 0 spiro atoms. The summed E-state index contributed by atoms with van der Waals surface area (Å²) >= 11 is 0. The van der Waals surface area contributed by atoms with E-state index in [0.717, 1.165) is 4.90 Å². The Morgan fingerprint density at radius 1 is 1.56 bits per heavy atom. The van der Waals surface area contributed by atoms with Crippen molar-refractivity contribution in [3.8, 4) is 0 Å². The van der Waals surface area contributed by atoms with E-state index in [4.69, 9.17) is 10.3 Å². The average molecular weight is 265 g/mol. The number of likely N-dealkylation sites (N-methyl/N-ethyl adjacent to an activating group) is 1. The van der Waals surface area contributed by atoms with Crippen molar-refractivity contribution in [1.82, 2.24) is 10.1 Å². The van der Waals surface area contributed by atoms with E-state index < -0.39 is 17.6 Å². The van der Waals surface area contributed by atoms with Crippen molar-refractivity contribution in [3.63, 3.8) is 0 Å². The molecule has 2 N–H and O–H groups in total. The van der Waals surface area contributed by atoms with Crippen LogP contribution in [0.3, 0.4) is 0 Å². The van der Waals surface area contributed by atoms with E-state index in [-0.39, 0.29) is 6.54 Å². The second-order valence-corrected chi connectivity index (χ2v) is 4.29. The Kier molecular flexibility index (Phi) is 3.70. The SMILES string of the molecule is Cc1cc(CN(C)C(=O)C(C)(N)C(F)(F)F)no1. The topological polar surface area (TPSA) is 72.4 Å². The molecule has 0 aliphatic heterocycles. The summed E-state index contributed by atoms with van der Waals surface area (Å²) in [4.78, 5) is 12.5. The number of hydrogen-bond acceptors (Lipinski definition) is 4. The number of aryl methyl sites for hydroxylation is 1. The van der Waals surface area contributed by atoms with Crippen LogP contribution < -0.4 is 5.73 Å². The maximum atomic E-state index is 12.6. The number of aromatic nitrogens is 1. The van der Waals surface area contributed by atoms with Gasteiger partial charge in [-0.2, -0.15) is 13.2 Å². The van der Waals surface area contributed by atoms with Gasteiger partial charge in [-0.05, 0) is 13.8 Å². The fourth-order valence-electron chi connectivity index (χ4n) is 1.33. The molecule has 1 unspecified atom stereocenters. The van der Waals surface area contributed by atoms with Gasteiger partial charge in [0.2, 0.25) is 0 Å². The van der Waals surface area contributed by atoms with E-state index in [9.17, 15) is 18.0 Å². The molecule has 0 aliphatic rings. The maximum Gasteiger partial charge on any atom is 0.415 e. The predicted molar refractivity (Wildman–Crippen MR) is 56.4 cm³/mol. The van der Waals surface area contributed by atoms with Gasteiger partial charge in [0.05, 0.1) is 6.54 Å². The summed E-state index contributed by atoms with van der Waals surface area (Å²) in [6, 6.07) is 1.53. The molecule has 1 aromatic heterocycles. The van der Waals surface area contributed by atoms with Crippen molar-refractivity contribution in [2.75, 3.05) is 7.05 Å². The zero-order valence-electron chi connectivity index (χ0n) is 10.2. The Morgan fingerprint density at radius 3 is 2.50 bits per heavy atom. The van der Waals surface area contributed by atoms with Gasteiger partial charge in [0.15, 0.2) is 5.54 Å². The molecule has 8 heteroatoms. The quantitative estimate of drug-likeness (QED) is 0.892. The highest BCUT2D eigenvalue weighted by molar-refractivity contribution is 5.86. The summed E-state index contributed by atoms with van der Waals surface area (Å²) in [6.07, 6.45) is -4.81. The van der Waals surface area contributed by atoms with Crippen molar-refractivity contribution in [3.05, 3.63) is 17.5 Å². The second-order valence-electron chi connectivity index (χ2n) is 4.29. The summed E-state index contributed by atoms with van der Waals surface area (Å²) < 4.78 is 42.5. The first-order valence-electron chi connectivity index (χ1n) is 5.09. The molecular formula is C10H14F3N3O2. The van der Waals surface area contributed by atoms with Crippen LogP contribution in [0.15, 0.2) is 10.6 Å². The van der Waals surface area contributed by atoms with Gasteiger partial charge in [-0.15, -0.1) is 0 Å². The van der Waals surface area contributed by atoms with Crippen molar-refractivity contribution in [2.45, 2.75) is 32.1 Å². The lowest BCUT2D eigenvalue weighted by Gasteiger charge is -2.30. The molecule has 1 rings (SSSR count). The van der Waals surface area contributed by atoms with Crippen molar-refractivity contribution in [2.24, 2.45) is 5.73 Å². The minimum absolute atomic E-state index is 0.0982. The van der Waals surface area contributed by atoms with Crippen molar-refractivity contribution < 1.29 is 22.5 Å². The Morgan fingerprint density at radius 2 is 2.11 bits per heavy atom. The molecule has 1 amide bonds. The van der Waals surface area contributed by atoms with Crippen LogP contribution in [0.25, 0.3) is 0 Å².